The second-order valence-electron chi connectivity index (χ2n) is 10.8. The third-order valence-electron chi connectivity index (χ3n) is 7.81. The minimum Gasteiger partial charge on any atom is -0.450 e. The largest absolute Gasteiger partial charge is 0.450 e. The van der Waals surface area contributed by atoms with Crippen LogP contribution in [-0.2, 0) is 17.7 Å². The molecular weight excluding hydrogens is 498 g/mol. The SMILES string of the molecule is CCOC(=O)N1CCc2c([nH]c3ccc(Cl)cc23)C1c1cccc(CN2CCN(CCCN(C)C)CC2)c1. The molecule has 1 amide bonds. The van der Waals surface area contributed by atoms with Crippen LogP contribution in [0.2, 0.25) is 5.02 Å². The molecule has 1 saturated heterocycles. The number of fused-ring (bicyclic) bond motifs is 3. The Bertz CT molecular complexity index is 1250. The van der Waals surface area contributed by atoms with E-state index in [1.807, 2.05) is 30.0 Å². The first kappa shape index (κ1) is 27.0. The number of halogens is 1. The highest BCUT2D eigenvalue weighted by atomic mass is 35.5. The highest BCUT2D eigenvalue weighted by Crippen LogP contribution is 2.39. The molecule has 0 spiro atoms. The molecule has 0 saturated carbocycles. The van der Waals surface area contributed by atoms with E-state index >= 15 is 0 Å². The average molecular weight is 538 g/mol. The Kier molecular flexibility index (Phi) is 8.58. The lowest BCUT2D eigenvalue weighted by atomic mass is 9.92. The van der Waals surface area contributed by atoms with Crippen LogP contribution in [0.3, 0.4) is 0 Å². The van der Waals surface area contributed by atoms with E-state index in [-0.39, 0.29) is 12.1 Å². The number of ether oxygens (including phenoxy) is 1. The van der Waals surface area contributed by atoms with Crippen LogP contribution in [-0.4, -0.2) is 97.2 Å². The molecule has 5 rings (SSSR count). The number of H-pyrrole nitrogens is 1. The zero-order valence-electron chi connectivity index (χ0n) is 22.9. The zero-order chi connectivity index (χ0) is 26.6. The molecule has 7 nitrogen and oxygen atoms in total. The van der Waals surface area contributed by atoms with Crippen LogP contribution in [0.15, 0.2) is 42.5 Å². The number of piperazine rings is 1. The van der Waals surface area contributed by atoms with Gasteiger partial charge in [0.1, 0.15) is 6.04 Å². The molecule has 2 aliphatic rings. The molecule has 1 unspecified atom stereocenters. The van der Waals surface area contributed by atoms with Crippen LogP contribution in [0.1, 0.15) is 41.8 Å². The van der Waals surface area contributed by atoms with Crippen LogP contribution in [0, 0.1) is 0 Å². The molecule has 1 fully saturated rings. The smallest absolute Gasteiger partial charge is 0.410 e. The number of hydrogen-bond acceptors (Lipinski definition) is 5. The summed E-state index contributed by atoms with van der Waals surface area (Å²) in [5.41, 5.74) is 5.73. The Morgan fingerprint density at radius 2 is 1.87 bits per heavy atom. The first-order valence-electron chi connectivity index (χ1n) is 13.8. The minimum absolute atomic E-state index is 0.225. The van der Waals surface area contributed by atoms with Crippen molar-refractivity contribution < 1.29 is 9.53 Å². The minimum atomic E-state index is -0.268. The van der Waals surface area contributed by atoms with Gasteiger partial charge in [-0.1, -0.05) is 35.9 Å². The number of benzene rings is 2. The summed E-state index contributed by atoms with van der Waals surface area (Å²) in [5, 5.41) is 1.86. The normalized spacial score (nSPS) is 18.8. The lowest BCUT2D eigenvalue weighted by Gasteiger charge is -2.36. The number of hydrogen-bond donors (Lipinski definition) is 1. The highest BCUT2D eigenvalue weighted by Gasteiger charge is 2.35. The van der Waals surface area contributed by atoms with Crippen molar-refractivity contribution in [1.29, 1.82) is 0 Å². The predicted molar refractivity (Wildman–Crippen MR) is 154 cm³/mol. The van der Waals surface area contributed by atoms with E-state index in [1.54, 1.807) is 0 Å². The first-order valence-corrected chi connectivity index (χ1v) is 14.2. The van der Waals surface area contributed by atoms with E-state index in [4.69, 9.17) is 16.3 Å². The van der Waals surface area contributed by atoms with E-state index in [0.717, 1.165) is 72.9 Å². The van der Waals surface area contributed by atoms with Gasteiger partial charge in [0, 0.05) is 60.9 Å². The molecule has 2 aliphatic heterocycles. The van der Waals surface area contributed by atoms with Crippen molar-refractivity contribution >= 4 is 28.6 Å². The fourth-order valence-corrected chi connectivity index (χ4v) is 6.08. The maximum absolute atomic E-state index is 13.1. The summed E-state index contributed by atoms with van der Waals surface area (Å²) >= 11 is 6.34. The summed E-state index contributed by atoms with van der Waals surface area (Å²) in [5.74, 6) is 0. The van der Waals surface area contributed by atoms with Crippen LogP contribution >= 0.6 is 11.6 Å². The van der Waals surface area contributed by atoms with Crippen LogP contribution < -0.4 is 0 Å². The summed E-state index contributed by atoms with van der Waals surface area (Å²) in [6, 6.07) is 14.5. The third kappa shape index (κ3) is 6.01. The highest BCUT2D eigenvalue weighted by molar-refractivity contribution is 6.31. The Morgan fingerprint density at radius 1 is 1.08 bits per heavy atom. The van der Waals surface area contributed by atoms with Gasteiger partial charge in [0.05, 0.1) is 6.61 Å². The summed E-state index contributed by atoms with van der Waals surface area (Å²) in [7, 11) is 4.28. The third-order valence-corrected chi connectivity index (χ3v) is 8.04. The quantitative estimate of drug-likeness (QED) is 0.438. The molecule has 0 radical (unpaired) electrons. The fraction of sp³-hybridized carbons (Fsp3) is 0.500. The molecule has 0 aliphatic carbocycles. The number of carbonyl (C=O) groups is 1. The number of rotatable bonds is 8. The van der Waals surface area contributed by atoms with Crippen molar-refractivity contribution in [2.75, 3.05) is 66.5 Å². The molecule has 38 heavy (non-hydrogen) atoms. The van der Waals surface area contributed by atoms with Crippen molar-refractivity contribution in [3.05, 3.63) is 69.9 Å². The number of nitrogens with one attached hydrogen (secondary N) is 1. The van der Waals surface area contributed by atoms with E-state index in [0.29, 0.717) is 13.2 Å². The molecule has 2 aromatic carbocycles. The van der Waals surface area contributed by atoms with E-state index in [9.17, 15) is 4.79 Å². The number of nitrogens with zero attached hydrogens (tertiary/aromatic N) is 4. The van der Waals surface area contributed by atoms with Crippen molar-refractivity contribution in [2.24, 2.45) is 0 Å². The standard InChI is InChI=1S/C30H40ClN5O2/c1-4-38-30(37)36-14-11-25-26-20-24(31)9-10-27(26)32-28(25)29(36)23-8-5-7-22(19-23)21-35-17-15-34(16-18-35)13-6-12-33(2)3/h5,7-10,19-20,29,32H,4,6,11-18,21H2,1-3H3. The van der Waals surface area contributed by atoms with Gasteiger partial charge in [-0.15, -0.1) is 0 Å². The molecule has 1 atom stereocenters. The van der Waals surface area contributed by atoms with Gasteiger partial charge in [-0.3, -0.25) is 9.80 Å². The fourth-order valence-electron chi connectivity index (χ4n) is 5.91. The summed E-state index contributed by atoms with van der Waals surface area (Å²) in [4.78, 5) is 25.9. The molecule has 1 N–H and O–H groups in total. The summed E-state index contributed by atoms with van der Waals surface area (Å²) in [6.45, 7) is 10.5. The van der Waals surface area contributed by atoms with E-state index < -0.39 is 0 Å². The van der Waals surface area contributed by atoms with Crippen molar-refractivity contribution in [2.45, 2.75) is 32.4 Å². The second kappa shape index (κ2) is 12.1. The van der Waals surface area contributed by atoms with Crippen LogP contribution in [0.25, 0.3) is 10.9 Å². The maximum Gasteiger partial charge on any atom is 0.410 e. The van der Waals surface area contributed by atoms with Gasteiger partial charge in [-0.25, -0.2) is 4.79 Å². The molecule has 3 heterocycles. The molecule has 8 heteroatoms. The summed E-state index contributed by atoms with van der Waals surface area (Å²) < 4.78 is 5.48. The maximum atomic E-state index is 13.1. The Hall–Kier alpha value is -2.58. The number of aromatic amines is 1. The van der Waals surface area contributed by atoms with Crippen molar-refractivity contribution in [3.8, 4) is 0 Å². The van der Waals surface area contributed by atoms with Crippen molar-refractivity contribution in [1.82, 2.24) is 24.6 Å². The lowest BCUT2D eigenvalue weighted by molar-refractivity contribution is 0.0931. The van der Waals surface area contributed by atoms with Gasteiger partial charge < -0.3 is 19.5 Å². The monoisotopic (exact) mass is 537 g/mol. The molecule has 204 valence electrons. The van der Waals surface area contributed by atoms with E-state index in [1.165, 1.54) is 24.1 Å². The Labute approximate surface area is 231 Å². The average Bonchev–Trinajstić information content (AvgIpc) is 3.27. The lowest BCUT2D eigenvalue weighted by Crippen LogP contribution is -2.46. The van der Waals surface area contributed by atoms with Gasteiger partial charge in [-0.05, 0) is 81.8 Å². The number of aromatic nitrogens is 1. The van der Waals surface area contributed by atoms with E-state index in [2.05, 4.69) is 58.0 Å². The molecule has 0 bridgehead atoms. The zero-order valence-corrected chi connectivity index (χ0v) is 23.6. The van der Waals surface area contributed by atoms with Crippen LogP contribution in [0.5, 0.6) is 0 Å². The Morgan fingerprint density at radius 3 is 2.63 bits per heavy atom. The first-order chi connectivity index (χ1) is 18.4. The molecule has 1 aromatic heterocycles. The number of amides is 1. The van der Waals surface area contributed by atoms with Gasteiger partial charge in [-0.2, -0.15) is 0 Å². The molecular formula is C30H40ClN5O2. The van der Waals surface area contributed by atoms with Gasteiger partial charge >= 0.3 is 6.09 Å². The van der Waals surface area contributed by atoms with Gasteiger partial charge in [0.2, 0.25) is 0 Å². The van der Waals surface area contributed by atoms with Crippen molar-refractivity contribution in [3.63, 3.8) is 0 Å². The van der Waals surface area contributed by atoms with Crippen LogP contribution in [0.4, 0.5) is 4.79 Å². The number of carbonyl (C=O) groups excluding carboxylic acids is 1. The Balaban J connectivity index is 1.35. The van der Waals surface area contributed by atoms with Gasteiger partial charge in [0.25, 0.3) is 0 Å². The second-order valence-corrected chi connectivity index (χ2v) is 11.2. The van der Waals surface area contributed by atoms with Gasteiger partial charge in [0.15, 0.2) is 0 Å². The topological polar surface area (TPSA) is 55.1 Å². The predicted octanol–water partition coefficient (Wildman–Crippen LogP) is 4.99. The summed E-state index contributed by atoms with van der Waals surface area (Å²) in [6.07, 6.45) is 1.72. The molecule has 3 aromatic rings.